The van der Waals surface area contributed by atoms with E-state index in [1.807, 2.05) is 35.4 Å². The first-order valence-electron chi connectivity index (χ1n) is 10.2. The van der Waals surface area contributed by atoms with Crippen molar-refractivity contribution < 1.29 is 9.59 Å². The number of aromatic nitrogens is 2. The van der Waals surface area contributed by atoms with E-state index in [-0.39, 0.29) is 23.1 Å². The molecule has 4 heterocycles. The summed E-state index contributed by atoms with van der Waals surface area (Å²) >= 11 is 0. The Morgan fingerprint density at radius 1 is 1.07 bits per heavy atom. The molecule has 1 aromatic carbocycles. The molecule has 148 valence electrons. The molecule has 0 bridgehead atoms. The highest BCUT2D eigenvalue weighted by Crippen LogP contribution is 2.41. The van der Waals surface area contributed by atoms with Crippen molar-refractivity contribution in [1.29, 1.82) is 0 Å². The quantitative estimate of drug-likeness (QED) is 0.749. The molecule has 2 aliphatic rings. The van der Waals surface area contributed by atoms with Crippen LogP contribution in [0, 0.1) is 5.92 Å². The Hall–Kier alpha value is -3.15. The lowest BCUT2D eigenvalue weighted by Gasteiger charge is -2.42. The second kappa shape index (κ2) is 7.03. The van der Waals surface area contributed by atoms with Gasteiger partial charge in [-0.1, -0.05) is 36.4 Å². The van der Waals surface area contributed by atoms with Crippen molar-refractivity contribution in [3.8, 4) is 0 Å². The Kier molecular flexibility index (Phi) is 4.34. The Bertz CT molecular complexity index is 1020. The fourth-order valence-electron chi connectivity index (χ4n) is 4.76. The lowest BCUT2D eigenvalue weighted by atomic mass is 9.70. The van der Waals surface area contributed by atoms with E-state index in [1.165, 1.54) is 5.56 Å². The van der Waals surface area contributed by atoms with Gasteiger partial charge in [0.25, 0.3) is 0 Å². The molecule has 1 atom stereocenters. The lowest BCUT2D eigenvalue weighted by molar-refractivity contribution is -0.137. The number of carbonyl (C=O) groups is 2. The number of hydrogen-bond donors (Lipinski definition) is 1. The fraction of sp³-hybridized carbons (Fsp3) is 0.348. The molecule has 0 aliphatic carbocycles. The molecule has 6 nitrogen and oxygen atoms in total. The molecule has 0 radical (unpaired) electrons. The van der Waals surface area contributed by atoms with Crippen LogP contribution < -0.4 is 5.32 Å². The maximum Gasteiger partial charge on any atom is 0.227 e. The van der Waals surface area contributed by atoms with Crippen molar-refractivity contribution in [2.75, 3.05) is 19.6 Å². The fourth-order valence-corrected chi connectivity index (χ4v) is 4.76. The predicted octanol–water partition coefficient (Wildman–Crippen LogP) is 2.38. The summed E-state index contributed by atoms with van der Waals surface area (Å²) in [7, 11) is 0. The second-order valence-corrected chi connectivity index (χ2v) is 8.07. The topological polar surface area (TPSA) is 66.7 Å². The molecular formula is C23H24N4O2. The van der Waals surface area contributed by atoms with Crippen LogP contribution in [0.15, 0.2) is 60.9 Å². The third-order valence-corrected chi connectivity index (χ3v) is 6.44. The van der Waals surface area contributed by atoms with Gasteiger partial charge in [0.1, 0.15) is 5.65 Å². The zero-order valence-electron chi connectivity index (χ0n) is 16.3. The van der Waals surface area contributed by atoms with E-state index in [4.69, 9.17) is 4.98 Å². The number of hydrogen-bond acceptors (Lipinski definition) is 3. The lowest BCUT2D eigenvalue weighted by Crippen LogP contribution is -2.48. The molecule has 29 heavy (non-hydrogen) atoms. The minimum atomic E-state index is -0.220. The Morgan fingerprint density at radius 2 is 1.83 bits per heavy atom. The minimum Gasteiger partial charge on any atom is -0.355 e. The standard InChI is InChI=1S/C23H24N4O2/c28-21-14-17(15-24-21)22(29)26-12-9-23(10-13-26,18-6-2-1-3-7-18)19-16-27-11-5-4-8-20(27)25-19/h1-8,11,16-17H,9-10,12-15H2,(H,24,28). The van der Waals surface area contributed by atoms with Crippen molar-refractivity contribution in [1.82, 2.24) is 19.6 Å². The highest BCUT2D eigenvalue weighted by Gasteiger charge is 2.42. The van der Waals surface area contributed by atoms with Gasteiger partial charge in [0.15, 0.2) is 0 Å². The van der Waals surface area contributed by atoms with Crippen LogP contribution >= 0.6 is 0 Å². The third kappa shape index (κ3) is 3.09. The SMILES string of the molecule is O=C1CC(C(=O)N2CCC(c3ccccc3)(c3cn4ccccc4n3)CC2)CN1. The minimum absolute atomic E-state index is 0.0244. The van der Waals surface area contributed by atoms with E-state index < -0.39 is 0 Å². The summed E-state index contributed by atoms with van der Waals surface area (Å²) in [6.45, 7) is 1.81. The number of piperidine rings is 1. The number of nitrogens with zero attached hydrogens (tertiary/aromatic N) is 3. The van der Waals surface area contributed by atoms with Gasteiger partial charge >= 0.3 is 0 Å². The van der Waals surface area contributed by atoms with E-state index in [1.54, 1.807) is 0 Å². The zero-order valence-corrected chi connectivity index (χ0v) is 16.3. The highest BCUT2D eigenvalue weighted by molar-refractivity contribution is 5.89. The molecule has 2 amide bonds. The van der Waals surface area contributed by atoms with Crippen LogP contribution in [0.1, 0.15) is 30.5 Å². The Labute approximate surface area is 169 Å². The summed E-state index contributed by atoms with van der Waals surface area (Å²) in [5.41, 5.74) is 3.02. The molecule has 5 rings (SSSR count). The molecule has 0 spiro atoms. The largest absolute Gasteiger partial charge is 0.355 e. The highest BCUT2D eigenvalue weighted by atomic mass is 16.2. The smallest absolute Gasteiger partial charge is 0.227 e. The van der Waals surface area contributed by atoms with Crippen LogP contribution in [0.4, 0.5) is 0 Å². The van der Waals surface area contributed by atoms with Crippen LogP contribution in [-0.4, -0.2) is 45.7 Å². The average Bonchev–Trinajstić information content (AvgIpc) is 3.40. The van der Waals surface area contributed by atoms with Crippen LogP contribution in [0.2, 0.25) is 0 Å². The Balaban J connectivity index is 1.46. The van der Waals surface area contributed by atoms with Crippen LogP contribution in [-0.2, 0) is 15.0 Å². The van der Waals surface area contributed by atoms with Crippen LogP contribution in [0.3, 0.4) is 0 Å². The summed E-state index contributed by atoms with van der Waals surface area (Å²) < 4.78 is 2.06. The monoisotopic (exact) mass is 388 g/mol. The number of carbonyl (C=O) groups excluding carboxylic acids is 2. The van der Waals surface area contributed by atoms with Crippen molar-refractivity contribution in [3.63, 3.8) is 0 Å². The van der Waals surface area contributed by atoms with Gasteiger partial charge in [-0.3, -0.25) is 9.59 Å². The number of fused-ring (bicyclic) bond motifs is 1. The van der Waals surface area contributed by atoms with E-state index in [9.17, 15) is 9.59 Å². The van der Waals surface area contributed by atoms with Gasteiger partial charge < -0.3 is 14.6 Å². The van der Waals surface area contributed by atoms with E-state index in [0.29, 0.717) is 26.1 Å². The first kappa shape index (κ1) is 17.9. The van der Waals surface area contributed by atoms with E-state index in [0.717, 1.165) is 24.2 Å². The van der Waals surface area contributed by atoms with Gasteiger partial charge in [-0.05, 0) is 30.5 Å². The molecule has 0 saturated carbocycles. The van der Waals surface area contributed by atoms with Crippen molar-refractivity contribution in [2.45, 2.75) is 24.7 Å². The van der Waals surface area contributed by atoms with Gasteiger partial charge in [-0.25, -0.2) is 4.98 Å². The van der Waals surface area contributed by atoms with Gasteiger partial charge in [0.2, 0.25) is 11.8 Å². The zero-order chi connectivity index (χ0) is 19.8. The van der Waals surface area contributed by atoms with E-state index >= 15 is 0 Å². The van der Waals surface area contributed by atoms with Crippen molar-refractivity contribution in [3.05, 3.63) is 72.2 Å². The molecule has 1 unspecified atom stereocenters. The maximum absolute atomic E-state index is 12.9. The number of rotatable bonds is 3. The summed E-state index contributed by atoms with van der Waals surface area (Å²) in [5, 5.41) is 2.77. The summed E-state index contributed by atoms with van der Waals surface area (Å²) in [4.78, 5) is 31.3. The van der Waals surface area contributed by atoms with Gasteiger partial charge in [0.05, 0.1) is 11.6 Å². The molecule has 2 aromatic heterocycles. The third-order valence-electron chi connectivity index (χ3n) is 6.44. The number of imidazole rings is 1. The normalized spacial score (nSPS) is 21.3. The number of likely N-dealkylation sites (tertiary alicyclic amines) is 1. The van der Waals surface area contributed by atoms with Gasteiger partial charge in [-0.2, -0.15) is 0 Å². The van der Waals surface area contributed by atoms with Crippen LogP contribution in [0.25, 0.3) is 5.65 Å². The summed E-state index contributed by atoms with van der Waals surface area (Å²) in [6.07, 6.45) is 6.10. The molecule has 2 saturated heterocycles. The maximum atomic E-state index is 12.9. The molecule has 1 N–H and O–H groups in total. The van der Waals surface area contributed by atoms with Gasteiger partial charge in [0, 0.05) is 43.9 Å². The second-order valence-electron chi connectivity index (χ2n) is 8.07. The first-order valence-corrected chi connectivity index (χ1v) is 10.2. The molecule has 2 fully saturated rings. The van der Waals surface area contributed by atoms with Gasteiger partial charge in [-0.15, -0.1) is 0 Å². The number of nitrogens with one attached hydrogen (secondary N) is 1. The first-order chi connectivity index (χ1) is 14.2. The summed E-state index contributed by atoms with van der Waals surface area (Å²) in [6, 6.07) is 16.5. The number of amides is 2. The average molecular weight is 388 g/mol. The summed E-state index contributed by atoms with van der Waals surface area (Å²) in [5.74, 6) is -0.148. The number of benzene rings is 1. The van der Waals surface area contributed by atoms with Crippen LogP contribution in [0.5, 0.6) is 0 Å². The molecule has 2 aliphatic heterocycles. The molecular weight excluding hydrogens is 364 g/mol. The van der Waals surface area contributed by atoms with Crippen molar-refractivity contribution in [2.24, 2.45) is 5.92 Å². The van der Waals surface area contributed by atoms with Crippen molar-refractivity contribution >= 4 is 17.5 Å². The molecule has 3 aromatic rings. The molecule has 6 heteroatoms. The number of pyridine rings is 1. The van der Waals surface area contributed by atoms with E-state index in [2.05, 4.69) is 40.2 Å². The Morgan fingerprint density at radius 3 is 2.52 bits per heavy atom. The predicted molar refractivity (Wildman–Crippen MR) is 109 cm³/mol.